The van der Waals surface area contributed by atoms with Crippen LogP contribution in [0, 0.1) is 18.3 Å². The molecule has 76 valence electrons. The van der Waals surface area contributed by atoms with Crippen LogP contribution < -0.4 is 5.73 Å². The van der Waals surface area contributed by atoms with Gasteiger partial charge in [0, 0.05) is 0 Å². The maximum absolute atomic E-state index is 8.83. The normalized spacial score (nSPS) is 10.1. The summed E-state index contributed by atoms with van der Waals surface area (Å²) in [6.45, 7) is 1.66. The van der Waals surface area contributed by atoms with Crippen molar-refractivity contribution in [3.63, 3.8) is 0 Å². The Bertz CT molecular complexity index is 521. The van der Waals surface area contributed by atoms with Crippen molar-refractivity contribution in [1.82, 2.24) is 15.3 Å². The number of rotatable bonds is 2. The molecule has 15 heavy (non-hydrogen) atoms. The van der Waals surface area contributed by atoms with E-state index in [4.69, 9.17) is 20.0 Å². The van der Waals surface area contributed by atoms with Crippen molar-refractivity contribution in [2.75, 3.05) is 5.73 Å². The molecule has 2 N–H and O–H groups in total. The number of aryl methyl sites for hydroxylation is 1. The summed E-state index contributed by atoms with van der Waals surface area (Å²) in [5.74, 6) is 0.834. The number of hydrogen-bond donors (Lipinski definition) is 1. The largest absolute Gasteiger partial charge is 0.365 e. The predicted molar refractivity (Wildman–Crippen MR) is 47.5 cm³/mol. The Labute approximate surface area is 84.5 Å². The van der Waals surface area contributed by atoms with Gasteiger partial charge < -0.3 is 14.8 Å². The SMILES string of the molecule is Cc1onc(Cc2nc(N)no2)c1C#N. The number of aromatic nitrogens is 3. The molecule has 0 saturated heterocycles. The summed E-state index contributed by atoms with van der Waals surface area (Å²) in [7, 11) is 0. The lowest BCUT2D eigenvalue weighted by Crippen LogP contribution is -1.93. The van der Waals surface area contributed by atoms with Gasteiger partial charge in [-0.15, -0.1) is 0 Å². The fourth-order valence-corrected chi connectivity index (χ4v) is 1.17. The standard InChI is InChI=1S/C8H7N5O2/c1-4-5(3-9)6(12-14-4)2-7-11-8(10)13-15-7/h2H2,1H3,(H2,10,13). The molecule has 0 bridgehead atoms. The highest BCUT2D eigenvalue weighted by Crippen LogP contribution is 2.15. The third kappa shape index (κ3) is 1.65. The van der Waals surface area contributed by atoms with Crippen LogP contribution in [0.15, 0.2) is 9.05 Å². The number of nitrogen functional groups attached to an aromatic ring is 1. The molecular formula is C8H7N5O2. The van der Waals surface area contributed by atoms with E-state index in [2.05, 4.69) is 15.3 Å². The van der Waals surface area contributed by atoms with Gasteiger partial charge in [0.1, 0.15) is 17.3 Å². The molecule has 0 aliphatic heterocycles. The van der Waals surface area contributed by atoms with Gasteiger partial charge in [-0.25, -0.2) is 0 Å². The van der Waals surface area contributed by atoms with Gasteiger partial charge in [0.05, 0.1) is 6.42 Å². The third-order valence-corrected chi connectivity index (χ3v) is 1.85. The van der Waals surface area contributed by atoms with Gasteiger partial charge in [0.2, 0.25) is 5.89 Å². The van der Waals surface area contributed by atoms with Crippen LogP contribution in [-0.2, 0) is 6.42 Å². The Balaban J connectivity index is 2.29. The van der Waals surface area contributed by atoms with Crippen LogP contribution in [0.4, 0.5) is 5.95 Å². The molecule has 2 rings (SSSR count). The minimum Gasteiger partial charge on any atom is -0.365 e. The second-order valence-corrected chi connectivity index (χ2v) is 2.90. The van der Waals surface area contributed by atoms with Gasteiger partial charge in [0.25, 0.3) is 5.95 Å². The average molecular weight is 205 g/mol. The number of nitriles is 1. The zero-order valence-corrected chi connectivity index (χ0v) is 7.89. The highest BCUT2D eigenvalue weighted by atomic mass is 16.5. The third-order valence-electron chi connectivity index (χ3n) is 1.85. The maximum atomic E-state index is 8.83. The molecule has 0 aromatic carbocycles. The van der Waals surface area contributed by atoms with E-state index >= 15 is 0 Å². The molecule has 0 spiro atoms. The van der Waals surface area contributed by atoms with E-state index in [-0.39, 0.29) is 12.4 Å². The number of nitrogens with zero attached hydrogens (tertiary/aromatic N) is 4. The monoisotopic (exact) mass is 205 g/mol. The summed E-state index contributed by atoms with van der Waals surface area (Å²) >= 11 is 0. The Morgan fingerprint density at radius 1 is 1.40 bits per heavy atom. The van der Waals surface area contributed by atoms with Crippen molar-refractivity contribution in [1.29, 1.82) is 5.26 Å². The predicted octanol–water partition coefficient (Wildman–Crippen LogP) is 0.411. The molecule has 2 aromatic rings. The van der Waals surface area contributed by atoms with Crippen LogP contribution in [0.5, 0.6) is 0 Å². The molecule has 2 aromatic heterocycles. The van der Waals surface area contributed by atoms with Gasteiger partial charge in [-0.2, -0.15) is 10.2 Å². The van der Waals surface area contributed by atoms with E-state index in [1.807, 2.05) is 6.07 Å². The fraction of sp³-hybridized carbons (Fsp3) is 0.250. The van der Waals surface area contributed by atoms with Crippen molar-refractivity contribution >= 4 is 5.95 Å². The van der Waals surface area contributed by atoms with Crippen molar-refractivity contribution in [2.24, 2.45) is 0 Å². The molecule has 7 nitrogen and oxygen atoms in total. The summed E-state index contributed by atoms with van der Waals surface area (Å²) in [6.07, 6.45) is 0.241. The van der Waals surface area contributed by atoms with Crippen molar-refractivity contribution < 1.29 is 9.05 Å². The van der Waals surface area contributed by atoms with Crippen molar-refractivity contribution in [3.8, 4) is 6.07 Å². The van der Waals surface area contributed by atoms with Gasteiger partial charge in [-0.3, -0.25) is 0 Å². The first-order valence-corrected chi connectivity index (χ1v) is 4.14. The summed E-state index contributed by atoms with van der Waals surface area (Å²) in [6, 6.07) is 1.99. The van der Waals surface area contributed by atoms with E-state index < -0.39 is 0 Å². The first kappa shape index (κ1) is 9.21. The van der Waals surface area contributed by atoms with Crippen LogP contribution in [0.3, 0.4) is 0 Å². The molecule has 0 saturated carbocycles. The molecule has 0 aliphatic carbocycles. The molecule has 0 amide bonds. The summed E-state index contributed by atoms with van der Waals surface area (Å²) in [5, 5.41) is 16.0. The minimum absolute atomic E-state index is 0.0590. The second kappa shape index (κ2) is 3.42. The van der Waals surface area contributed by atoms with E-state index in [9.17, 15) is 0 Å². The molecule has 0 fully saturated rings. The molecule has 0 aliphatic rings. The van der Waals surface area contributed by atoms with Crippen LogP contribution in [-0.4, -0.2) is 15.3 Å². The minimum atomic E-state index is 0.0590. The Morgan fingerprint density at radius 3 is 2.80 bits per heavy atom. The lowest BCUT2D eigenvalue weighted by atomic mass is 10.2. The highest BCUT2D eigenvalue weighted by molar-refractivity contribution is 5.36. The molecule has 7 heteroatoms. The lowest BCUT2D eigenvalue weighted by Gasteiger charge is -1.88. The molecule has 0 atom stereocenters. The number of anilines is 1. The molecule has 2 heterocycles. The second-order valence-electron chi connectivity index (χ2n) is 2.90. The zero-order valence-electron chi connectivity index (χ0n) is 7.89. The average Bonchev–Trinajstić information content (AvgIpc) is 2.75. The molecule has 0 radical (unpaired) electrons. The quantitative estimate of drug-likeness (QED) is 0.754. The molecular weight excluding hydrogens is 198 g/mol. The van der Waals surface area contributed by atoms with Gasteiger partial charge in [0.15, 0.2) is 5.76 Å². The Kier molecular flexibility index (Phi) is 2.10. The summed E-state index contributed by atoms with van der Waals surface area (Å²) in [5.41, 5.74) is 6.15. The van der Waals surface area contributed by atoms with Gasteiger partial charge in [-0.1, -0.05) is 5.16 Å². The Morgan fingerprint density at radius 2 is 2.20 bits per heavy atom. The fourth-order valence-electron chi connectivity index (χ4n) is 1.17. The summed E-state index contributed by atoms with van der Waals surface area (Å²) in [4.78, 5) is 3.80. The number of nitrogens with two attached hydrogens (primary N) is 1. The Hall–Kier alpha value is -2.36. The van der Waals surface area contributed by atoms with Gasteiger partial charge >= 0.3 is 0 Å². The van der Waals surface area contributed by atoms with Crippen LogP contribution in [0.25, 0.3) is 0 Å². The first-order valence-electron chi connectivity index (χ1n) is 4.14. The van der Waals surface area contributed by atoms with E-state index in [1.165, 1.54) is 0 Å². The molecule has 0 unspecified atom stereocenters. The first-order chi connectivity index (χ1) is 7.20. The van der Waals surface area contributed by atoms with E-state index in [0.717, 1.165) is 0 Å². The van der Waals surface area contributed by atoms with Crippen molar-refractivity contribution in [3.05, 3.63) is 22.9 Å². The highest BCUT2D eigenvalue weighted by Gasteiger charge is 2.15. The van der Waals surface area contributed by atoms with Crippen LogP contribution in [0.1, 0.15) is 22.9 Å². The maximum Gasteiger partial charge on any atom is 0.260 e. The van der Waals surface area contributed by atoms with Crippen molar-refractivity contribution in [2.45, 2.75) is 13.3 Å². The summed E-state index contributed by atoms with van der Waals surface area (Å²) < 4.78 is 9.67. The van der Waals surface area contributed by atoms with E-state index in [0.29, 0.717) is 22.9 Å². The van der Waals surface area contributed by atoms with E-state index in [1.54, 1.807) is 6.92 Å². The zero-order chi connectivity index (χ0) is 10.8. The number of hydrogen-bond acceptors (Lipinski definition) is 7. The van der Waals surface area contributed by atoms with Crippen LogP contribution in [0.2, 0.25) is 0 Å². The smallest absolute Gasteiger partial charge is 0.260 e. The topological polar surface area (TPSA) is 115 Å². The lowest BCUT2D eigenvalue weighted by molar-refractivity contribution is 0.372. The van der Waals surface area contributed by atoms with Gasteiger partial charge in [-0.05, 0) is 12.1 Å². The van der Waals surface area contributed by atoms with Crippen LogP contribution >= 0.6 is 0 Å².